The predicted molar refractivity (Wildman–Crippen MR) is 104 cm³/mol. The van der Waals surface area contributed by atoms with E-state index in [-0.39, 0.29) is 5.91 Å². The highest BCUT2D eigenvalue weighted by Gasteiger charge is 2.15. The van der Waals surface area contributed by atoms with Gasteiger partial charge in [-0.05, 0) is 18.2 Å². The Bertz CT molecular complexity index is 946. The number of fused-ring (bicyclic) bond motifs is 1. The number of hydrogen-bond donors (Lipinski definition) is 1. The largest absolute Gasteiger partial charge is 0.379 e. The molecule has 140 valence electrons. The van der Waals surface area contributed by atoms with Gasteiger partial charge in [-0.2, -0.15) is 5.10 Å². The third kappa shape index (κ3) is 3.99. The normalized spacial score (nSPS) is 15.1. The Morgan fingerprint density at radius 3 is 2.93 bits per heavy atom. The van der Waals surface area contributed by atoms with Crippen LogP contribution in [0.3, 0.4) is 0 Å². The molecule has 0 bridgehead atoms. The lowest BCUT2D eigenvalue weighted by molar-refractivity contribution is 0.0383. The van der Waals surface area contributed by atoms with Crippen molar-refractivity contribution < 1.29 is 9.53 Å². The van der Waals surface area contributed by atoms with E-state index in [1.54, 1.807) is 10.9 Å². The van der Waals surface area contributed by atoms with Crippen LogP contribution in [0.25, 0.3) is 22.2 Å². The zero-order chi connectivity index (χ0) is 18.6. The molecule has 0 spiro atoms. The van der Waals surface area contributed by atoms with E-state index >= 15 is 0 Å². The van der Waals surface area contributed by atoms with Crippen LogP contribution in [-0.2, 0) is 11.8 Å². The Kier molecular flexibility index (Phi) is 5.13. The number of aryl methyl sites for hydroxylation is 1. The molecule has 0 aliphatic carbocycles. The van der Waals surface area contributed by atoms with Crippen molar-refractivity contribution in [1.82, 2.24) is 25.0 Å². The SMILES string of the molecule is Cn1nc(C(=O)NCCN2CCOCC2)cc1-c1ccc2cccnc2c1. The van der Waals surface area contributed by atoms with E-state index in [1.807, 2.05) is 43.4 Å². The Morgan fingerprint density at radius 1 is 1.22 bits per heavy atom. The molecule has 4 rings (SSSR count). The first-order valence-electron chi connectivity index (χ1n) is 9.18. The van der Waals surface area contributed by atoms with E-state index in [0.29, 0.717) is 12.2 Å². The van der Waals surface area contributed by atoms with Gasteiger partial charge in [0.1, 0.15) is 0 Å². The summed E-state index contributed by atoms with van der Waals surface area (Å²) < 4.78 is 7.07. The second-order valence-corrected chi connectivity index (χ2v) is 6.66. The van der Waals surface area contributed by atoms with Crippen molar-refractivity contribution in [2.75, 3.05) is 39.4 Å². The van der Waals surface area contributed by atoms with Crippen molar-refractivity contribution >= 4 is 16.8 Å². The second kappa shape index (κ2) is 7.85. The van der Waals surface area contributed by atoms with Crippen LogP contribution in [-0.4, -0.2) is 65.0 Å². The van der Waals surface area contributed by atoms with E-state index in [2.05, 4.69) is 20.3 Å². The molecule has 1 aromatic carbocycles. The Morgan fingerprint density at radius 2 is 2.07 bits per heavy atom. The smallest absolute Gasteiger partial charge is 0.271 e. The number of ether oxygens (including phenoxy) is 1. The summed E-state index contributed by atoms with van der Waals surface area (Å²) in [5, 5.41) is 8.43. The molecule has 1 fully saturated rings. The molecule has 3 aromatic rings. The molecule has 0 saturated carbocycles. The molecule has 1 aliphatic rings. The predicted octanol–water partition coefficient (Wildman–Crippen LogP) is 1.70. The summed E-state index contributed by atoms with van der Waals surface area (Å²) in [4.78, 5) is 19.1. The summed E-state index contributed by atoms with van der Waals surface area (Å²) >= 11 is 0. The van der Waals surface area contributed by atoms with Gasteiger partial charge in [0.15, 0.2) is 5.69 Å². The maximum Gasteiger partial charge on any atom is 0.271 e. The summed E-state index contributed by atoms with van der Waals surface area (Å²) in [7, 11) is 1.85. The van der Waals surface area contributed by atoms with Crippen LogP contribution in [0.1, 0.15) is 10.5 Å². The van der Waals surface area contributed by atoms with Gasteiger partial charge in [0.25, 0.3) is 5.91 Å². The number of aromatic nitrogens is 3. The van der Waals surface area contributed by atoms with Crippen molar-refractivity contribution in [3.8, 4) is 11.3 Å². The van der Waals surface area contributed by atoms with Gasteiger partial charge in [-0.3, -0.25) is 19.4 Å². The second-order valence-electron chi connectivity index (χ2n) is 6.66. The number of nitrogens with one attached hydrogen (secondary N) is 1. The number of amides is 1. The Balaban J connectivity index is 1.44. The zero-order valence-corrected chi connectivity index (χ0v) is 15.4. The van der Waals surface area contributed by atoms with Crippen LogP contribution in [0.15, 0.2) is 42.6 Å². The first kappa shape index (κ1) is 17.6. The molecule has 1 N–H and O–H groups in total. The molecule has 27 heavy (non-hydrogen) atoms. The lowest BCUT2D eigenvalue weighted by atomic mass is 10.1. The summed E-state index contributed by atoms with van der Waals surface area (Å²) in [6.45, 7) is 4.78. The maximum absolute atomic E-state index is 12.5. The number of nitrogens with zero attached hydrogens (tertiary/aromatic N) is 4. The van der Waals surface area contributed by atoms with Gasteiger partial charge in [-0.15, -0.1) is 0 Å². The van der Waals surface area contributed by atoms with Gasteiger partial charge in [-0.25, -0.2) is 0 Å². The topological polar surface area (TPSA) is 72.3 Å². The summed E-state index contributed by atoms with van der Waals surface area (Å²) in [5.41, 5.74) is 3.23. The summed E-state index contributed by atoms with van der Waals surface area (Å²) in [5.74, 6) is -0.149. The minimum absolute atomic E-state index is 0.149. The van der Waals surface area contributed by atoms with E-state index < -0.39 is 0 Å². The number of morpholine rings is 1. The highest BCUT2D eigenvalue weighted by molar-refractivity contribution is 5.93. The lowest BCUT2D eigenvalue weighted by Gasteiger charge is -2.26. The van der Waals surface area contributed by atoms with Gasteiger partial charge in [-0.1, -0.05) is 18.2 Å². The highest BCUT2D eigenvalue weighted by atomic mass is 16.5. The number of hydrogen-bond acceptors (Lipinski definition) is 5. The van der Waals surface area contributed by atoms with E-state index in [9.17, 15) is 4.79 Å². The fourth-order valence-corrected chi connectivity index (χ4v) is 3.32. The minimum atomic E-state index is -0.149. The molecule has 1 saturated heterocycles. The third-order valence-electron chi connectivity index (χ3n) is 4.83. The Hall–Kier alpha value is -2.77. The van der Waals surface area contributed by atoms with Crippen LogP contribution in [0.2, 0.25) is 0 Å². The van der Waals surface area contributed by atoms with Crippen molar-refractivity contribution in [1.29, 1.82) is 0 Å². The average Bonchev–Trinajstić information content (AvgIpc) is 3.10. The van der Waals surface area contributed by atoms with Crippen LogP contribution in [0.4, 0.5) is 0 Å². The molecule has 0 unspecified atom stereocenters. The summed E-state index contributed by atoms with van der Waals surface area (Å²) in [6.07, 6.45) is 1.78. The number of pyridine rings is 1. The van der Waals surface area contributed by atoms with Crippen LogP contribution in [0, 0.1) is 0 Å². The van der Waals surface area contributed by atoms with Crippen molar-refractivity contribution in [3.63, 3.8) is 0 Å². The van der Waals surface area contributed by atoms with E-state index in [1.165, 1.54) is 0 Å². The number of benzene rings is 1. The minimum Gasteiger partial charge on any atom is -0.379 e. The molecule has 1 aliphatic heterocycles. The summed E-state index contributed by atoms with van der Waals surface area (Å²) in [6, 6.07) is 11.9. The first-order valence-corrected chi connectivity index (χ1v) is 9.18. The molecule has 2 aromatic heterocycles. The van der Waals surface area contributed by atoms with Crippen LogP contribution < -0.4 is 5.32 Å². The molecular weight excluding hydrogens is 342 g/mol. The molecule has 1 amide bonds. The third-order valence-corrected chi connectivity index (χ3v) is 4.83. The fourth-order valence-electron chi connectivity index (χ4n) is 3.32. The zero-order valence-electron chi connectivity index (χ0n) is 15.4. The lowest BCUT2D eigenvalue weighted by Crippen LogP contribution is -2.41. The molecule has 7 nitrogen and oxygen atoms in total. The molecular formula is C20H23N5O2. The monoisotopic (exact) mass is 365 g/mol. The maximum atomic E-state index is 12.5. The molecule has 7 heteroatoms. The van der Waals surface area contributed by atoms with Gasteiger partial charge in [0, 0.05) is 50.4 Å². The highest BCUT2D eigenvalue weighted by Crippen LogP contribution is 2.23. The van der Waals surface area contributed by atoms with Crippen molar-refractivity contribution in [2.45, 2.75) is 0 Å². The van der Waals surface area contributed by atoms with Gasteiger partial charge < -0.3 is 10.1 Å². The number of rotatable bonds is 5. The molecule has 0 radical (unpaired) electrons. The number of carbonyl (C=O) groups excluding carboxylic acids is 1. The molecule has 3 heterocycles. The van der Waals surface area contributed by atoms with E-state index in [0.717, 1.165) is 55.0 Å². The Labute approximate surface area is 157 Å². The van der Waals surface area contributed by atoms with Gasteiger partial charge >= 0.3 is 0 Å². The van der Waals surface area contributed by atoms with Gasteiger partial charge in [0.05, 0.1) is 24.4 Å². The standard InChI is InChI=1S/C20H23N5O2/c1-24-19(16-5-4-15-3-2-6-21-17(15)13-16)14-18(23-24)20(26)22-7-8-25-9-11-27-12-10-25/h2-6,13-14H,7-12H2,1H3,(H,22,26). The average molecular weight is 365 g/mol. The van der Waals surface area contributed by atoms with Gasteiger partial charge in [0.2, 0.25) is 0 Å². The quantitative estimate of drug-likeness (QED) is 0.745. The first-order chi connectivity index (χ1) is 13.2. The van der Waals surface area contributed by atoms with Crippen molar-refractivity contribution in [2.24, 2.45) is 7.05 Å². The van der Waals surface area contributed by atoms with E-state index in [4.69, 9.17) is 4.74 Å². The van der Waals surface area contributed by atoms with Crippen molar-refractivity contribution in [3.05, 3.63) is 48.3 Å². The molecule has 0 atom stereocenters. The fraction of sp³-hybridized carbons (Fsp3) is 0.350. The van der Waals surface area contributed by atoms with Crippen LogP contribution >= 0.6 is 0 Å². The van der Waals surface area contributed by atoms with Crippen LogP contribution in [0.5, 0.6) is 0 Å². The number of carbonyl (C=O) groups is 1.